The highest BCUT2D eigenvalue weighted by molar-refractivity contribution is 5.96. The molecule has 0 spiro atoms. The predicted octanol–water partition coefficient (Wildman–Crippen LogP) is 3.71. The lowest BCUT2D eigenvalue weighted by atomic mass is 10.0. The maximum atomic E-state index is 12.7. The molecule has 0 aromatic heterocycles. The van der Waals surface area contributed by atoms with Gasteiger partial charge in [0.05, 0.1) is 6.61 Å². The Kier molecular flexibility index (Phi) is 4.84. The third-order valence-electron chi connectivity index (χ3n) is 5.25. The van der Waals surface area contributed by atoms with E-state index in [4.69, 9.17) is 4.74 Å². The number of nitrogens with one attached hydrogen (secondary N) is 1. The highest BCUT2D eigenvalue weighted by Gasteiger charge is 2.29. The number of rotatable bonds is 5. The third kappa shape index (κ3) is 3.68. The fourth-order valence-electron chi connectivity index (χ4n) is 3.93. The molecule has 0 bridgehead atoms. The fourth-order valence-corrected chi connectivity index (χ4v) is 3.93. The van der Waals surface area contributed by atoms with E-state index in [0.717, 1.165) is 35.5 Å². The van der Waals surface area contributed by atoms with Crippen LogP contribution in [0, 0.1) is 0 Å². The van der Waals surface area contributed by atoms with Crippen molar-refractivity contribution in [1.29, 1.82) is 0 Å². The van der Waals surface area contributed by atoms with Gasteiger partial charge in [0.1, 0.15) is 5.75 Å². The van der Waals surface area contributed by atoms with E-state index < -0.39 is 0 Å². The van der Waals surface area contributed by atoms with Crippen LogP contribution in [0.3, 0.4) is 0 Å². The molecule has 4 rings (SSSR count). The highest BCUT2D eigenvalue weighted by Crippen LogP contribution is 2.32. The maximum absolute atomic E-state index is 12.7. The molecule has 140 valence electrons. The van der Waals surface area contributed by atoms with Crippen molar-refractivity contribution in [3.05, 3.63) is 53.6 Å². The summed E-state index contributed by atoms with van der Waals surface area (Å²) in [4.78, 5) is 26.0. The molecular formula is C22H24N2O3. The summed E-state index contributed by atoms with van der Waals surface area (Å²) < 4.78 is 5.82. The average Bonchev–Trinajstić information content (AvgIpc) is 3.01. The second kappa shape index (κ2) is 7.43. The van der Waals surface area contributed by atoms with Crippen LogP contribution in [-0.4, -0.2) is 24.5 Å². The first-order valence-corrected chi connectivity index (χ1v) is 9.57. The number of aryl methyl sites for hydroxylation is 1. The molecule has 1 N–H and O–H groups in total. The standard InChI is InChI=1S/C22H24N2O3/c1-15-13-17-5-2-3-6-20(17)24(15)22(26)7-4-12-27-18-9-10-19-16(14-18)8-11-21(25)23-19/h2-3,5-6,9-10,14-15H,4,7-8,11-13H2,1H3,(H,23,25). The van der Waals surface area contributed by atoms with Crippen LogP contribution >= 0.6 is 0 Å². The molecule has 0 radical (unpaired) electrons. The second-order valence-corrected chi connectivity index (χ2v) is 7.26. The van der Waals surface area contributed by atoms with Crippen LogP contribution in [0.5, 0.6) is 5.75 Å². The third-order valence-corrected chi connectivity index (χ3v) is 5.25. The minimum atomic E-state index is 0.0624. The van der Waals surface area contributed by atoms with Crippen LogP contribution in [0.2, 0.25) is 0 Å². The van der Waals surface area contributed by atoms with Crippen LogP contribution in [0.4, 0.5) is 11.4 Å². The van der Waals surface area contributed by atoms with Crippen LogP contribution in [-0.2, 0) is 22.4 Å². The molecule has 0 saturated heterocycles. The number of ether oxygens (including phenoxy) is 1. The Hall–Kier alpha value is -2.82. The van der Waals surface area contributed by atoms with E-state index in [1.807, 2.05) is 41.3 Å². The van der Waals surface area contributed by atoms with E-state index in [1.165, 1.54) is 5.56 Å². The molecule has 0 fully saturated rings. The van der Waals surface area contributed by atoms with Crippen molar-refractivity contribution in [2.75, 3.05) is 16.8 Å². The molecule has 0 saturated carbocycles. The number of para-hydroxylation sites is 1. The van der Waals surface area contributed by atoms with Gasteiger partial charge in [0.2, 0.25) is 11.8 Å². The van der Waals surface area contributed by atoms with Gasteiger partial charge in [-0.15, -0.1) is 0 Å². The van der Waals surface area contributed by atoms with Crippen molar-refractivity contribution in [1.82, 2.24) is 0 Å². The first kappa shape index (κ1) is 17.6. The van der Waals surface area contributed by atoms with Crippen LogP contribution in [0.15, 0.2) is 42.5 Å². The molecule has 2 heterocycles. The van der Waals surface area contributed by atoms with Gasteiger partial charge in [0, 0.05) is 30.3 Å². The Bertz CT molecular complexity index is 878. The van der Waals surface area contributed by atoms with E-state index in [1.54, 1.807) is 0 Å². The minimum Gasteiger partial charge on any atom is -0.494 e. The zero-order valence-electron chi connectivity index (χ0n) is 15.5. The second-order valence-electron chi connectivity index (χ2n) is 7.26. The number of carbonyl (C=O) groups is 2. The fraction of sp³-hybridized carbons (Fsp3) is 0.364. The molecule has 0 aliphatic carbocycles. The summed E-state index contributed by atoms with van der Waals surface area (Å²) in [5.41, 5.74) is 4.27. The molecule has 1 atom stereocenters. The van der Waals surface area contributed by atoms with Gasteiger partial charge in [-0.25, -0.2) is 0 Å². The predicted molar refractivity (Wildman–Crippen MR) is 105 cm³/mol. The number of benzene rings is 2. The van der Waals surface area contributed by atoms with Crippen molar-refractivity contribution >= 4 is 23.2 Å². The SMILES string of the molecule is CC1Cc2ccccc2N1C(=O)CCCOc1ccc2c(c1)CCC(=O)N2. The topological polar surface area (TPSA) is 58.6 Å². The van der Waals surface area contributed by atoms with E-state index in [-0.39, 0.29) is 17.9 Å². The number of fused-ring (bicyclic) bond motifs is 2. The first-order valence-electron chi connectivity index (χ1n) is 9.57. The molecule has 2 aliphatic rings. The van der Waals surface area contributed by atoms with Gasteiger partial charge in [0.25, 0.3) is 0 Å². The quantitative estimate of drug-likeness (QED) is 0.823. The Morgan fingerprint density at radius 3 is 2.93 bits per heavy atom. The molecule has 5 heteroatoms. The molecule has 27 heavy (non-hydrogen) atoms. The monoisotopic (exact) mass is 364 g/mol. The number of anilines is 2. The summed E-state index contributed by atoms with van der Waals surface area (Å²) in [6, 6.07) is 14.1. The number of carbonyl (C=O) groups excluding carboxylic acids is 2. The highest BCUT2D eigenvalue weighted by atomic mass is 16.5. The molecule has 2 aromatic carbocycles. The van der Waals surface area contributed by atoms with E-state index >= 15 is 0 Å². The Morgan fingerprint density at radius 2 is 2.04 bits per heavy atom. The van der Waals surface area contributed by atoms with Crippen molar-refractivity contribution in [2.24, 2.45) is 0 Å². The molecule has 5 nitrogen and oxygen atoms in total. The number of hydrogen-bond donors (Lipinski definition) is 1. The van der Waals surface area contributed by atoms with Crippen LogP contribution < -0.4 is 15.0 Å². The molecule has 1 unspecified atom stereocenters. The zero-order chi connectivity index (χ0) is 18.8. The Balaban J connectivity index is 1.29. The summed E-state index contributed by atoms with van der Waals surface area (Å²) in [6.07, 6.45) is 3.32. The van der Waals surface area contributed by atoms with Gasteiger partial charge in [-0.3, -0.25) is 9.59 Å². The molecule has 2 aromatic rings. The van der Waals surface area contributed by atoms with Crippen LogP contribution in [0.25, 0.3) is 0 Å². The van der Waals surface area contributed by atoms with Gasteiger partial charge in [0.15, 0.2) is 0 Å². The van der Waals surface area contributed by atoms with Crippen molar-refractivity contribution in [3.63, 3.8) is 0 Å². The molecule has 2 aliphatic heterocycles. The Morgan fingerprint density at radius 1 is 1.19 bits per heavy atom. The lowest BCUT2D eigenvalue weighted by Crippen LogP contribution is -2.35. The lowest BCUT2D eigenvalue weighted by molar-refractivity contribution is -0.119. The summed E-state index contributed by atoms with van der Waals surface area (Å²) in [7, 11) is 0. The van der Waals surface area contributed by atoms with Gasteiger partial charge >= 0.3 is 0 Å². The van der Waals surface area contributed by atoms with Crippen molar-refractivity contribution < 1.29 is 14.3 Å². The smallest absolute Gasteiger partial charge is 0.227 e. The number of hydrogen-bond acceptors (Lipinski definition) is 3. The van der Waals surface area contributed by atoms with Gasteiger partial charge in [-0.2, -0.15) is 0 Å². The minimum absolute atomic E-state index is 0.0624. The van der Waals surface area contributed by atoms with Gasteiger partial charge in [-0.1, -0.05) is 18.2 Å². The average molecular weight is 364 g/mol. The molecular weight excluding hydrogens is 340 g/mol. The van der Waals surface area contributed by atoms with Crippen molar-refractivity contribution in [3.8, 4) is 5.75 Å². The summed E-state index contributed by atoms with van der Waals surface area (Å²) in [6.45, 7) is 2.60. The summed E-state index contributed by atoms with van der Waals surface area (Å²) in [5, 5.41) is 2.87. The summed E-state index contributed by atoms with van der Waals surface area (Å²) in [5.74, 6) is 1.01. The maximum Gasteiger partial charge on any atom is 0.227 e. The number of nitrogens with zero attached hydrogens (tertiary/aromatic N) is 1. The van der Waals surface area contributed by atoms with E-state index in [0.29, 0.717) is 25.9 Å². The lowest BCUT2D eigenvalue weighted by Gasteiger charge is -2.23. The number of amides is 2. The first-order chi connectivity index (χ1) is 13.1. The van der Waals surface area contributed by atoms with E-state index in [2.05, 4.69) is 18.3 Å². The van der Waals surface area contributed by atoms with Gasteiger partial charge < -0.3 is 15.0 Å². The normalized spacial score (nSPS) is 17.9. The zero-order valence-corrected chi connectivity index (χ0v) is 15.5. The van der Waals surface area contributed by atoms with Crippen molar-refractivity contribution in [2.45, 2.75) is 45.1 Å². The molecule has 2 amide bonds. The van der Waals surface area contributed by atoms with Crippen LogP contribution in [0.1, 0.15) is 37.3 Å². The largest absolute Gasteiger partial charge is 0.494 e. The summed E-state index contributed by atoms with van der Waals surface area (Å²) >= 11 is 0. The van der Waals surface area contributed by atoms with E-state index in [9.17, 15) is 9.59 Å². The van der Waals surface area contributed by atoms with Gasteiger partial charge in [-0.05, 0) is 61.6 Å². The Labute approximate surface area is 159 Å².